The Bertz CT molecular complexity index is 292. The van der Waals surface area contributed by atoms with Gasteiger partial charge in [0, 0.05) is 5.75 Å². The van der Waals surface area contributed by atoms with E-state index in [4.69, 9.17) is 0 Å². The molecule has 15 heavy (non-hydrogen) atoms. The van der Waals surface area contributed by atoms with Gasteiger partial charge in [0.25, 0.3) is 0 Å². The van der Waals surface area contributed by atoms with Gasteiger partial charge in [-0.25, -0.2) is 4.98 Å². The quantitative estimate of drug-likeness (QED) is 0.592. The summed E-state index contributed by atoms with van der Waals surface area (Å²) in [7, 11) is 3.14. The highest BCUT2D eigenvalue weighted by Crippen LogP contribution is 2.19. The molecule has 0 amide bonds. The molecule has 1 N–H and O–H groups in total. The van der Waals surface area contributed by atoms with E-state index in [-0.39, 0.29) is 12.0 Å². The van der Waals surface area contributed by atoms with Crippen molar-refractivity contribution >= 4 is 29.3 Å². The third-order valence-electron chi connectivity index (χ3n) is 1.81. The van der Waals surface area contributed by atoms with Crippen molar-refractivity contribution in [3.05, 3.63) is 6.33 Å². The van der Waals surface area contributed by atoms with Gasteiger partial charge in [0.05, 0.1) is 7.11 Å². The first-order valence-corrected chi connectivity index (χ1v) is 6.18. The number of hydrogen-bond donors (Lipinski definition) is 1. The summed E-state index contributed by atoms with van der Waals surface area (Å²) in [5, 5.41) is 2.91. The van der Waals surface area contributed by atoms with Crippen molar-refractivity contribution in [3.63, 3.8) is 0 Å². The molecule has 0 aromatic carbocycles. The maximum absolute atomic E-state index is 11.2. The van der Waals surface area contributed by atoms with Crippen LogP contribution in [0.4, 0.5) is 0 Å². The summed E-state index contributed by atoms with van der Waals surface area (Å²) in [6, 6.07) is -0.240. The Morgan fingerprint density at radius 1 is 1.80 bits per heavy atom. The second-order valence-corrected chi connectivity index (χ2v) is 4.83. The van der Waals surface area contributed by atoms with Gasteiger partial charge in [-0.1, -0.05) is 11.8 Å². The standard InChI is InChI=1S/C8H13N3O2S2/c1-9-6(7(12)13-2)3-4-14-8-10-5-11-15-8/h5-6,9H,3-4H2,1-2H3. The maximum Gasteiger partial charge on any atom is 0.322 e. The molecule has 1 heterocycles. The Morgan fingerprint density at radius 3 is 3.13 bits per heavy atom. The van der Waals surface area contributed by atoms with Crippen LogP contribution in [0, 0.1) is 0 Å². The maximum atomic E-state index is 11.2. The lowest BCUT2D eigenvalue weighted by atomic mass is 10.2. The van der Waals surface area contributed by atoms with Crippen molar-refractivity contribution in [1.29, 1.82) is 0 Å². The molecule has 84 valence electrons. The molecule has 0 radical (unpaired) electrons. The highest BCUT2D eigenvalue weighted by atomic mass is 32.2. The van der Waals surface area contributed by atoms with E-state index in [1.54, 1.807) is 18.8 Å². The normalized spacial score (nSPS) is 12.4. The zero-order valence-electron chi connectivity index (χ0n) is 8.60. The summed E-state index contributed by atoms with van der Waals surface area (Å²) in [5.41, 5.74) is 0. The number of carbonyl (C=O) groups is 1. The summed E-state index contributed by atoms with van der Waals surface area (Å²) in [4.78, 5) is 15.3. The summed E-state index contributed by atoms with van der Waals surface area (Å²) < 4.78 is 9.47. The number of likely N-dealkylation sites (N-methyl/N-ethyl adjacent to an activating group) is 1. The first-order chi connectivity index (χ1) is 7.27. The minimum absolute atomic E-state index is 0.227. The number of hydrogen-bond acceptors (Lipinski definition) is 7. The lowest BCUT2D eigenvalue weighted by molar-refractivity contribution is -0.143. The van der Waals surface area contributed by atoms with E-state index in [9.17, 15) is 4.79 Å². The summed E-state index contributed by atoms with van der Waals surface area (Å²) in [6.45, 7) is 0. The fourth-order valence-corrected chi connectivity index (χ4v) is 2.53. The zero-order valence-corrected chi connectivity index (χ0v) is 10.2. The van der Waals surface area contributed by atoms with Gasteiger partial charge in [-0.2, -0.15) is 4.37 Å². The molecule has 0 aliphatic heterocycles. The van der Waals surface area contributed by atoms with Crippen molar-refractivity contribution in [2.45, 2.75) is 16.8 Å². The number of thioether (sulfide) groups is 1. The molecule has 0 saturated carbocycles. The Hall–Kier alpha value is -0.660. The van der Waals surface area contributed by atoms with Gasteiger partial charge in [-0.15, -0.1) is 0 Å². The highest BCUT2D eigenvalue weighted by Gasteiger charge is 2.16. The van der Waals surface area contributed by atoms with E-state index >= 15 is 0 Å². The van der Waals surface area contributed by atoms with Gasteiger partial charge in [0.1, 0.15) is 12.4 Å². The summed E-state index contributed by atoms with van der Waals surface area (Å²) in [5.74, 6) is 0.589. The van der Waals surface area contributed by atoms with E-state index in [0.717, 1.165) is 10.1 Å². The largest absolute Gasteiger partial charge is 0.468 e. The van der Waals surface area contributed by atoms with Crippen LogP contribution >= 0.6 is 23.3 Å². The Morgan fingerprint density at radius 2 is 2.60 bits per heavy atom. The van der Waals surface area contributed by atoms with Crippen molar-refractivity contribution in [2.24, 2.45) is 0 Å². The molecule has 1 aromatic rings. The van der Waals surface area contributed by atoms with Crippen molar-refractivity contribution in [1.82, 2.24) is 14.7 Å². The van der Waals surface area contributed by atoms with Crippen molar-refractivity contribution in [2.75, 3.05) is 19.9 Å². The number of nitrogens with one attached hydrogen (secondary N) is 1. The first-order valence-electron chi connectivity index (χ1n) is 4.42. The Kier molecular flexibility index (Phi) is 5.59. The average molecular weight is 247 g/mol. The van der Waals surface area contributed by atoms with Crippen LogP contribution in [-0.2, 0) is 9.53 Å². The molecule has 0 aliphatic carbocycles. The van der Waals surface area contributed by atoms with E-state index in [0.29, 0.717) is 6.42 Å². The molecule has 1 aromatic heterocycles. The lowest BCUT2D eigenvalue weighted by Crippen LogP contribution is -2.35. The van der Waals surface area contributed by atoms with Crippen LogP contribution in [0.5, 0.6) is 0 Å². The van der Waals surface area contributed by atoms with Crippen LogP contribution in [0.25, 0.3) is 0 Å². The van der Waals surface area contributed by atoms with Crippen LogP contribution in [0.2, 0.25) is 0 Å². The van der Waals surface area contributed by atoms with E-state index in [1.165, 1.54) is 25.0 Å². The molecular weight excluding hydrogens is 234 g/mol. The number of methoxy groups -OCH3 is 1. The van der Waals surface area contributed by atoms with E-state index in [1.807, 2.05) is 0 Å². The third-order valence-corrected chi connectivity index (χ3v) is 3.64. The summed E-state index contributed by atoms with van der Waals surface area (Å²) in [6.07, 6.45) is 2.25. The number of nitrogens with zero attached hydrogens (tertiary/aromatic N) is 2. The van der Waals surface area contributed by atoms with E-state index < -0.39 is 0 Å². The topological polar surface area (TPSA) is 64.1 Å². The predicted molar refractivity (Wildman–Crippen MR) is 60.1 cm³/mol. The monoisotopic (exact) mass is 247 g/mol. The fourth-order valence-electron chi connectivity index (χ4n) is 1.01. The molecule has 5 nitrogen and oxygen atoms in total. The minimum atomic E-state index is -0.240. The first kappa shape index (κ1) is 12.4. The third kappa shape index (κ3) is 4.15. The Balaban J connectivity index is 2.26. The molecule has 0 spiro atoms. The molecule has 0 fully saturated rings. The highest BCUT2D eigenvalue weighted by molar-refractivity contribution is 8.00. The van der Waals surface area contributed by atoms with Gasteiger partial charge < -0.3 is 10.1 Å². The molecule has 0 aliphatic rings. The second kappa shape index (κ2) is 6.76. The van der Waals surface area contributed by atoms with Crippen LogP contribution in [-0.4, -0.2) is 41.3 Å². The van der Waals surface area contributed by atoms with Gasteiger partial charge >= 0.3 is 5.97 Å². The van der Waals surface area contributed by atoms with Crippen molar-refractivity contribution < 1.29 is 9.53 Å². The van der Waals surface area contributed by atoms with Crippen LogP contribution in [0.1, 0.15) is 6.42 Å². The second-order valence-electron chi connectivity index (χ2n) is 2.71. The lowest BCUT2D eigenvalue weighted by Gasteiger charge is -2.12. The Labute approximate surface area is 96.8 Å². The van der Waals surface area contributed by atoms with Gasteiger partial charge in [-0.3, -0.25) is 4.79 Å². The zero-order chi connectivity index (χ0) is 11.1. The summed E-state index contributed by atoms with van der Waals surface area (Å²) >= 11 is 2.96. The number of esters is 1. The molecule has 1 unspecified atom stereocenters. The number of ether oxygens (including phenoxy) is 1. The molecule has 1 rings (SSSR count). The van der Waals surface area contributed by atoms with E-state index in [2.05, 4.69) is 19.4 Å². The van der Waals surface area contributed by atoms with Gasteiger partial charge in [0.15, 0.2) is 4.34 Å². The average Bonchev–Trinajstić information content (AvgIpc) is 2.76. The fraction of sp³-hybridized carbons (Fsp3) is 0.625. The van der Waals surface area contributed by atoms with Gasteiger partial charge in [0.2, 0.25) is 0 Å². The molecule has 7 heteroatoms. The predicted octanol–water partition coefficient (Wildman–Crippen LogP) is 0.781. The smallest absolute Gasteiger partial charge is 0.322 e. The SMILES string of the molecule is CNC(CCSc1ncns1)C(=O)OC. The number of rotatable bonds is 6. The molecule has 1 atom stereocenters. The minimum Gasteiger partial charge on any atom is -0.468 e. The van der Waals surface area contributed by atoms with Crippen molar-refractivity contribution in [3.8, 4) is 0 Å². The van der Waals surface area contributed by atoms with Crippen LogP contribution in [0.3, 0.4) is 0 Å². The van der Waals surface area contributed by atoms with Crippen LogP contribution < -0.4 is 5.32 Å². The molecular formula is C8H13N3O2S2. The van der Waals surface area contributed by atoms with Crippen LogP contribution in [0.15, 0.2) is 10.7 Å². The van der Waals surface area contributed by atoms with Gasteiger partial charge in [-0.05, 0) is 25.0 Å². The number of aromatic nitrogens is 2. The number of carbonyl (C=O) groups excluding carboxylic acids is 1. The molecule has 0 bridgehead atoms. The molecule has 0 saturated heterocycles.